The number of anilines is 1. The molecule has 8 heteroatoms. The number of carbonyl (C=O) groups is 2. The average Bonchev–Trinajstić information content (AvgIpc) is 3.10. The number of carbonyl (C=O) groups excluding carboxylic acids is 2. The van der Waals surface area contributed by atoms with E-state index in [4.69, 9.17) is 0 Å². The summed E-state index contributed by atoms with van der Waals surface area (Å²) >= 11 is 1.31. The molecule has 0 aliphatic carbocycles. The quantitative estimate of drug-likeness (QED) is 0.546. The van der Waals surface area contributed by atoms with Gasteiger partial charge in [0, 0.05) is 18.3 Å². The van der Waals surface area contributed by atoms with Crippen molar-refractivity contribution in [2.24, 2.45) is 7.05 Å². The van der Waals surface area contributed by atoms with Gasteiger partial charge in [-0.1, -0.05) is 47.7 Å². The molecular weight excluding hydrogens is 410 g/mol. The van der Waals surface area contributed by atoms with Gasteiger partial charge in [-0.05, 0) is 51.0 Å². The molecule has 162 valence electrons. The van der Waals surface area contributed by atoms with Crippen molar-refractivity contribution in [3.05, 3.63) is 70.5 Å². The highest BCUT2D eigenvalue weighted by molar-refractivity contribution is 7.99. The normalized spacial score (nSPS) is 11.8. The van der Waals surface area contributed by atoms with E-state index in [2.05, 4.69) is 20.8 Å². The van der Waals surface area contributed by atoms with Crippen LogP contribution >= 0.6 is 11.8 Å². The van der Waals surface area contributed by atoms with Crippen LogP contribution in [0.2, 0.25) is 0 Å². The van der Waals surface area contributed by atoms with Crippen molar-refractivity contribution < 1.29 is 9.59 Å². The zero-order valence-corrected chi connectivity index (χ0v) is 19.2. The number of aryl methyl sites for hydroxylation is 3. The summed E-state index contributed by atoms with van der Waals surface area (Å²) in [6.07, 6.45) is 0. The monoisotopic (exact) mass is 437 g/mol. The Balaban J connectivity index is 1.59. The number of hydrogen-bond donors (Lipinski definition) is 2. The molecule has 2 amide bonds. The van der Waals surface area contributed by atoms with Gasteiger partial charge in [0.2, 0.25) is 5.91 Å². The van der Waals surface area contributed by atoms with Gasteiger partial charge in [-0.15, -0.1) is 10.2 Å². The number of amides is 2. The van der Waals surface area contributed by atoms with Crippen molar-refractivity contribution >= 4 is 29.3 Å². The van der Waals surface area contributed by atoms with Gasteiger partial charge < -0.3 is 15.2 Å². The Labute approximate surface area is 186 Å². The molecule has 3 rings (SSSR count). The molecule has 3 aromatic rings. The van der Waals surface area contributed by atoms with Gasteiger partial charge in [-0.3, -0.25) is 9.59 Å². The van der Waals surface area contributed by atoms with Gasteiger partial charge in [0.25, 0.3) is 5.91 Å². The van der Waals surface area contributed by atoms with Crippen molar-refractivity contribution in [3.63, 3.8) is 0 Å². The molecule has 1 heterocycles. The predicted molar refractivity (Wildman–Crippen MR) is 123 cm³/mol. The van der Waals surface area contributed by atoms with E-state index in [-0.39, 0.29) is 23.6 Å². The lowest BCUT2D eigenvalue weighted by molar-refractivity contribution is -0.113. The Morgan fingerprint density at radius 3 is 2.32 bits per heavy atom. The van der Waals surface area contributed by atoms with E-state index in [1.807, 2.05) is 65.1 Å². The second-order valence-electron chi connectivity index (χ2n) is 7.56. The van der Waals surface area contributed by atoms with Crippen LogP contribution < -0.4 is 10.6 Å². The summed E-state index contributed by atoms with van der Waals surface area (Å²) < 4.78 is 1.80. The number of hydrogen-bond acceptors (Lipinski definition) is 5. The first-order valence-electron chi connectivity index (χ1n) is 10.0. The molecule has 31 heavy (non-hydrogen) atoms. The SMILES string of the molecule is Cc1ccc(C(=O)N[C@@H](C)c2nnc(SCC(=O)Nc3c(C)cccc3C)n2C)cc1. The van der Waals surface area contributed by atoms with Crippen molar-refractivity contribution in [2.75, 3.05) is 11.1 Å². The van der Waals surface area contributed by atoms with E-state index in [0.29, 0.717) is 16.5 Å². The molecule has 0 fully saturated rings. The fourth-order valence-electron chi connectivity index (χ4n) is 3.20. The number of nitrogens with zero attached hydrogens (tertiary/aromatic N) is 3. The standard InChI is InChI=1S/C23H27N5O2S/c1-14-9-11-18(12-10-14)22(30)24-17(4)21-26-27-23(28(21)5)31-13-19(29)25-20-15(2)7-6-8-16(20)3/h6-12,17H,13H2,1-5H3,(H,24,30)(H,25,29)/t17-/m0/s1. The second-order valence-corrected chi connectivity index (χ2v) is 8.51. The van der Waals surface area contributed by atoms with Crippen molar-refractivity contribution in [1.29, 1.82) is 0 Å². The van der Waals surface area contributed by atoms with Gasteiger partial charge in [0.05, 0.1) is 11.8 Å². The molecule has 0 aliphatic rings. The van der Waals surface area contributed by atoms with Crippen molar-refractivity contribution in [3.8, 4) is 0 Å². The Bertz CT molecular complexity index is 1070. The van der Waals surface area contributed by atoms with Crippen LogP contribution in [0.3, 0.4) is 0 Å². The van der Waals surface area contributed by atoms with Crippen LogP contribution in [-0.4, -0.2) is 32.3 Å². The second kappa shape index (κ2) is 9.78. The highest BCUT2D eigenvalue weighted by Gasteiger charge is 2.19. The third-order valence-electron chi connectivity index (χ3n) is 5.00. The zero-order valence-electron chi connectivity index (χ0n) is 18.4. The number of nitrogens with one attached hydrogen (secondary N) is 2. The molecule has 0 spiro atoms. The largest absolute Gasteiger partial charge is 0.342 e. The summed E-state index contributed by atoms with van der Waals surface area (Å²) in [4.78, 5) is 24.9. The van der Waals surface area contributed by atoms with E-state index in [1.54, 1.807) is 16.7 Å². The van der Waals surface area contributed by atoms with E-state index in [0.717, 1.165) is 22.4 Å². The van der Waals surface area contributed by atoms with Gasteiger partial charge in [0.15, 0.2) is 11.0 Å². The molecule has 7 nitrogen and oxygen atoms in total. The Hall–Kier alpha value is -3.13. The lowest BCUT2D eigenvalue weighted by Gasteiger charge is -2.14. The Kier molecular flexibility index (Phi) is 7.12. The number of benzene rings is 2. The van der Waals surface area contributed by atoms with Gasteiger partial charge in [0.1, 0.15) is 0 Å². The van der Waals surface area contributed by atoms with Gasteiger partial charge in [-0.25, -0.2) is 0 Å². The fourth-order valence-corrected chi connectivity index (χ4v) is 3.91. The molecule has 2 aromatic carbocycles. The van der Waals surface area contributed by atoms with Crippen LogP contribution in [0.15, 0.2) is 47.6 Å². The molecule has 0 saturated heterocycles. The first-order chi connectivity index (χ1) is 14.8. The maximum Gasteiger partial charge on any atom is 0.251 e. The molecule has 0 radical (unpaired) electrons. The van der Waals surface area contributed by atoms with Crippen LogP contribution in [0.25, 0.3) is 0 Å². The minimum atomic E-state index is -0.330. The van der Waals surface area contributed by atoms with E-state index < -0.39 is 0 Å². The minimum Gasteiger partial charge on any atom is -0.342 e. The predicted octanol–water partition coefficient (Wildman–Crippen LogP) is 3.96. The van der Waals surface area contributed by atoms with Gasteiger partial charge in [-0.2, -0.15) is 0 Å². The molecule has 0 aliphatic heterocycles. The van der Waals surface area contributed by atoms with Crippen molar-refractivity contribution in [2.45, 2.75) is 38.9 Å². The summed E-state index contributed by atoms with van der Waals surface area (Å²) in [6.45, 7) is 7.78. The smallest absolute Gasteiger partial charge is 0.251 e. The van der Waals surface area contributed by atoms with E-state index >= 15 is 0 Å². The number of rotatable bonds is 7. The third-order valence-corrected chi connectivity index (χ3v) is 6.02. The number of thioether (sulfide) groups is 1. The Morgan fingerprint density at radius 2 is 1.68 bits per heavy atom. The molecule has 0 saturated carbocycles. The summed E-state index contributed by atoms with van der Waals surface area (Å²) in [5, 5.41) is 14.9. The van der Waals surface area contributed by atoms with E-state index in [1.165, 1.54) is 11.8 Å². The first kappa shape index (κ1) is 22.6. The highest BCUT2D eigenvalue weighted by Crippen LogP contribution is 2.22. The molecule has 2 N–H and O–H groups in total. The van der Waals surface area contributed by atoms with Crippen LogP contribution in [0.5, 0.6) is 0 Å². The number of para-hydroxylation sites is 1. The molecule has 1 atom stereocenters. The van der Waals surface area contributed by atoms with Crippen LogP contribution in [0.4, 0.5) is 5.69 Å². The van der Waals surface area contributed by atoms with Crippen molar-refractivity contribution in [1.82, 2.24) is 20.1 Å². The van der Waals surface area contributed by atoms with Crippen LogP contribution in [-0.2, 0) is 11.8 Å². The Morgan fingerprint density at radius 1 is 1.03 bits per heavy atom. The average molecular weight is 438 g/mol. The molecule has 0 bridgehead atoms. The highest BCUT2D eigenvalue weighted by atomic mass is 32.2. The summed E-state index contributed by atoms with van der Waals surface area (Å²) in [7, 11) is 1.83. The van der Waals surface area contributed by atoms with Gasteiger partial charge >= 0.3 is 0 Å². The minimum absolute atomic E-state index is 0.104. The maximum absolute atomic E-state index is 12.5. The maximum atomic E-state index is 12.5. The molecule has 1 aromatic heterocycles. The lowest BCUT2D eigenvalue weighted by Crippen LogP contribution is -2.28. The summed E-state index contributed by atoms with van der Waals surface area (Å²) in [6, 6.07) is 13.0. The summed E-state index contributed by atoms with van der Waals surface area (Å²) in [5.74, 6) is 0.563. The number of aromatic nitrogens is 3. The molecule has 0 unspecified atom stereocenters. The first-order valence-corrected chi connectivity index (χ1v) is 11.0. The summed E-state index contributed by atoms with van der Waals surface area (Å²) in [5.41, 5.74) is 4.59. The lowest BCUT2D eigenvalue weighted by atomic mass is 10.1. The van der Waals surface area contributed by atoms with Crippen LogP contribution in [0.1, 0.15) is 45.8 Å². The van der Waals surface area contributed by atoms with Crippen LogP contribution in [0, 0.1) is 20.8 Å². The molecular formula is C23H27N5O2S. The fraction of sp³-hybridized carbons (Fsp3) is 0.304. The third kappa shape index (κ3) is 5.52. The topological polar surface area (TPSA) is 88.9 Å². The van der Waals surface area contributed by atoms with E-state index in [9.17, 15) is 9.59 Å². The zero-order chi connectivity index (χ0) is 22.5.